The molecule has 0 aromatic heterocycles. The van der Waals surface area contributed by atoms with E-state index in [-0.39, 0.29) is 34.1 Å². The number of hydrogen-bond donors (Lipinski definition) is 0. The Labute approximate surface area is 322 Å². The van der Waals surface area contributed by atoms with Crippen molar-refractivity contribution in [2.75, 3.05) is 0 Å². The van der Waals surface area contributed by atoms with Gasteiger partial charge >= 0.3 is 23.9 Å². The standard InChI is InChI=1S/C46H38F2O8/c1-3-5-7-29-9-13-32(14-10-29)43(49)53-37-21-23-39(41(47)27-37)45(51)55-35-19-17-31-18-20-36(26-34(31)25-35)56-46(52)40-24-22-38(28-42(40)48)54-44(50)33-15-11-30(12-16-33)8-6-4-2/h9-28H,3-8H2,1-2H3. The molecule has 6 rings (SSSR count). The number of halogens is 2. The molecular weight excluding hydrogens is 718 g/mol. The quantitative estimate of drug-likeness (QED) is 0.0799. The van der Waals surface area contributed by atoms with Crippen LogP contribution in [-0.4, -0.2) is 23.9 Å². The maximum absolute atomic E-state index is 15.0. The summed E-state index contributed by atoms with van der Waals surface area (Å²) in [5, 5.41) is 1.20. The zero-order valence-electron chi connectivity index (χ0n) is 30.8. The Bertz CT molecular complexity index is 2220. The van der Waals surface area contributed by atoms with Gasteiger partial charge in [-0.05, 0) is 120 Å². The summed E-state index contributed by atoms with van der Waals surface area (Å²) in [5.74, 6) is -5.21. The number of rotatable bonds is 14. The first-order valence-electron chi connectivity index (χ1n) is 18.3. The lowest BCUT2D eigenvalue weighted by atomic mass is 10.1. The summed E-state index contributed by atoms with van der Waals surface area (Å²) in [6, 6.07) is 30.1. The van der Waals surface area contributed by atoms with E-state index in [1.807, 2.05) is 24.3 Å². The molecule has 0 heterocycles. The third-order valence-corrected chi connectivity index (χ3v) is 8.96. The van der Waals surface area contributed by atoms with Crippen LogP contribution in [0, 0.1) is 11.6 Å². The molecule has 0 aliphatic heterocycles. The van der Waals surface area contributed by atoms with Crippen LogP contribution in [0.3, 0.4) is 0 Å². The van der Waals surface area contributed by atoms with Gasteiger partial charge in [0.15, 0.2) is 0 Å². The van der Waals surface area contributed by atoms with Gasteiger partial charge in [0.2, 0.25) is 0 Å². The highest BCUT2D eigenvalue weighted by Crippen LogP contribution is 2.28. The molecule has 0 unspecified atom stereocenters. The van der Waals surface area contributed by atoms with E-state index < -0.39 is 35.5 Å². The monoisotopic (exact) mass is 756 g/mol. The lowest BCUT2D eigenvalue weighted by Crippen LogP contribution is -2.12. The lowest BCUT2D eigenvalue weighted by molar-refractivity contribution is 0.0715. The van der Waals surface area contributed by atoms with E-state index in [9.17, 15) is 19.2 Å². The summed E-state index contributed by atoms with van der Waals surface area (Å²) in [4.78, 5) is 51.1. The Morgan fingerprint density at radius 1 is 0.429 bits per heavy atom. The smallest absolute Gasteiger partial charge is 0.346 e. The summed E-state index contributed by atoms with van der Waals surface area (Å²) < 4.78 is 51.5. The maximum atomic E-state index is 15.0. The largest absolute Gasteiger partial charge is 0.423 e. The molecule has 0 amide bonds. The van der Waals surface area contributed by atoms with Crippen LogP contribution in [0.5, 0.6) is 23.0 Å². The van der Waals surface area contributed by atoms with E-state index in [2.05, 4.69) is 13.8 Å². The van der Waals surface area contributed by atoms with Gasteiger partial charge < -0.3 is 18.9 Å². The lowest BCUT2D eigenvalue weighted by Gasteiger charge is -2.10. The fourth-order valence-corrected chi connectivity index (χ4v) is 5.81. The minimum absolute atomic E-state index is 0.0758. The molecule has 0 spiro atoms. The molecule has 0 fully saturated rings. The van der Waals surface area contributed by atoms with Crippen LogP contribution < -0.4 is 18.9 Å². The molecule has 56 heavy (non-hydrogen) atoms. The summed E-state index contributed by atoms with van der Waals surface area (Å²) in [6.45, 7) is 4.20. The van der Waals surface area contributed by atoms with Crippen LogP contribution in [0.15, 0.2) is 121 Å². The number of benzene rings is 6. The molecule has 6 aromatic rings. The van der Waals surface area contributed by atoms with Crippen molar-refractivity contribution in [3.63, 3.8) is 0 Å². The number of aryl methyl sites for hydroxylation is 2. The van der Waals surface area contributed by atoms with Crippen molar-refractivity contribution in [2.45, 2.75) is 52.4 Å². The van der Waals surface area contributed by atoms with E-state index in [0.717, 1.165) is 73.9 Å². The number of esters is 4. The molecule has 6 aromatic carbocycles. The van der Waals surface area contributed by atoms with Crippen molar-refractivity contribution in [1.82, 2.24) is 0 Å². The van der Waals surface area contributed by atoms with Gasteiger partial charge in [0, 0.05) is 12.1 Å². The second-order valence-corrected chi connectivity index (χ2v) is 13.1. The van der Waals surface area contributed by atoms with Crippen LogP contribution in [0.4, 0.5) is 8.78 Å². The van der Waals surface area contributed by atoms with Gasteiger partial charge in [-0.25, -0.2) is 28.0 Å². The van der Waals surface area contributed by atoms with E-state index >= 15 is 8.78 Å². The highest BCUT2D eigenvalue weighted by molar-refractivity contribution is 5.95. The predicted octanol–water partition coefficient (Wildman–Crippen LogP) is 10.7. The molecule has 0 atom stereocenters. The first-order chi connectivity index (χ1) is 27.1. The molecular formula is C46H38F2O8. The summed E-state index contributed by atoms with van der Waals surface area (Å²) >= 11 is 0. The fourth-order valence-electron chi connectivity index (χ4n) is 5.81. The molecule has 8 nitrogen and oxygen atoms in total. The minimum atomic E-state index is -0.991. The summed E-state index contributed by atoms with van der Waals surface area (Å²) in [7, 11) is 0. The van der Waals surface area contributed by atoms with Crippen LogP contribution in [0.25, 0.3) is 10.8 Å². The summed E-state index contributed by atoms with van der Waals surface area (Å²) in [6.07, 6.45) is 6.00. The Hall–Kier alpha value is -6.68. The predicted molar refractivity (Wildman–Crippen MR) is 207 cm³/mol. The van der Waals surface area contributed by atoms with Gasteiger partial charge in [0.1, 0.15) is 34.6 Å². The molecule has 0 aliphatic rings. The van der Waals surface area contributed by atoms with Crippen molar-refractivity contribution in [3.8, 4) is 23.0 Å². The number of hydrogen-bond acceptors (Lipinski definition) is 8. The number of fused-ring (bicyclic) bond motifs is 1. The SMILES string of the molecule is CCCCc1ccc(C(=O)Oc2ccc(C(=O)Oc3ccc4ccc(OC(=O)c5ccc(OC(=O)c6ccc(CCCC)cc6)cc5F)cc4c3)c(F)c2)cc1. The highest BCUT2D eigenvalue weighted by Gasteiger charge is 2.19. The molecule has 0 saturated carbocycles. The second-order valence-electron chi connectivity index (χ2n) is 13.1. The number of carbonyl (C=O) groups is 4. The molecule has 0 radical (unpaired) electrons. The topological polar surface area (TPSA) is 105 Å². The fraction of sp³-hybridized carbons (Fsp3) is 0.174. The van der Waals surface area contributed by atoms with Crippen LogP contribution in [0.2, 0.25) is 0 Å². The van der Waals surface area contributed by atoms with E-state index in [1.165, 1.54) is 36.4 Å². The first-order valence-corrected chi connectivity index (χ1v) is 18.3. The minimum Gasteiger partial charge on any atom is -0.423 e. The van der Waals surface area contributed by atoms with Crippen LogP contribution in [-0.2, 0) is 12.8 Å². The van der Waals surface area contributed by atoms with Crippen molar-refractivity contribution >= 4 is 34.6 Å². The average Bonchev–Trinajstić information content (AvgIpc) is 3.19. The first kappa shape index (κ1) is 39.0. The average molecular weight is 757 g/mol. The molecule has 0 saturated heterocycles. The van der Waals surface area contributed by atoms with Crippen molar-refractivity contribution < 1.29 is 46.9 Å². The number of unbranched alkanes of at least 4 members (excludes halogenated alkanes) is 2. The Morgan fingerprint density at radius 3 is 1.16 bits per heavy atom. The molecule has 0 N–H and O–H groups in total. The summed E-state index contributed by atoms with van der Waals surface area (Å²) in [5.41, 5.74) is 2.06. The highest BCUT2D eigenvalue weighted by atomic mass is 19.1. The molecule has 284 valence electrons. The van der Waals surface area contributed by atoms with Gasteiger partial charge in [-0.3, -0.25) is 0 Å². The Balaban J connectivity index is 1.06. The van der Waals surface area contributed by atoms with Crippen LogP contribution in [0.1, 0.15) is 92.1 Å². The zero-order valence-corrected chi connectivity index (χ0v) is 30.8. The van der Waals surface area contributed by atoms with Gasteiger partial charge in [-0.2, -0.15) is 0 Å². The van der Waals surface area contributed by atoms with Gasteiger partial charge in [-0.1, -0.05) is 63.1 Å². The van der Waals surface area contributed by atoms with E-state index in [4.69, 9.17) is 18.9 Å². The van der Waals surface area contributed by atoms with E-state index in [1.54, 1.807) is 36.4 Å². The second kappa shape index (κ2) is 18.1. The van der Waals surface area contributed by atoms with Crippen molar-refractivity contribution in [2.24, 2.45) is 0 Å². The van der Waals surface area contributed by atoms with Crippen molar-refractivity contribution in [3.05, 3.63) is 166 Å². The maximum Gasteiger partial charge on any atom is 0.346 e. The normalized spacial score (nSPS) is 10.9. The van der Waals surface area contributed by atoms with Crippen molar-refractivity contribution in [1.29, 1.82) is 0 Å². The Kier molecular flexibility index (Phi) is 12.6. The molecule has 10 heteroatoms. The Morgan fingerprint density at radius 2 is 0.786 bits per heavy atom. The number of ether oxygens (including phenoxy) is 4. The zero-order chi connectivity index (χ0) is 39.6. The molecule has 0 bridgehead atoms. The molecule has 0 aliphatic carbocycles. The van der Waals surface area contributed by atoms with Gasteiger partial charge in [0.05, 0.1) is 22.3 Å². The third-order valence-electron chi connectivity index (χ3n) is 8.96. The van der Waals surface area contributed by atoms with Gasteiger partial charge in [0.25, 0.3) is 0 Å². The number of carbonyl (C=O) groups excluding carboxylic acids is 4. The van der Waals surface area contributed by atoms with Crippen LogP contribution >= 0.6 is 0 Å². The third kappa shape index (κ3) is 9.89. The van der Waals surface area contributed by atoms with E-state index in [0.29, 0.717) is 21.9 Å². The van der Waals surface area contributed by atoms with Gasteiger partial charge in [-0.15, -0.1) is 0 Å².